The fourth-order valence-corrected chi connectivity index (χ4v) is 5.76. The normalized spacial score (nSPS) is 16.6. The standard InChI is InChI=1S/C30H35ClN6O2/c1-22-5-3-4-6-28(22)35-16-14-34(15-17-35)19-26(39-18-12-32)20-37-29-11-13-36(23(2)38)21-27(29)30(33-37)24-7-9-25(31)10-8-24/h3-10,26H,11,13-21H2,1-2H3. The van der Waals surface area contributed by atoms with Crippen LogP contribution in [0.15, 0.2) is 48.5 Å². The molecule has 1 unspecified atom stereocenters. The lowest BCUT2D eigenvalue weighted by atomic mass is 10.0. The zero-order valence-corrected chi connectivity index (χ0v) is 23.4. The van der Waals surface area contributed by atoms with Gasteiger partial charge in [-0.25, -0.2) is 0 Å². The summed E-state index contributed by atoms with van der Waals surface area (Å²) in [6.45, 7) is 10.1. The summed E-state index contributed by atoms with van der Waals surface area (Å²) in [6, 6.07) is 18.3. The average molecular weight is 547 g/mol. The number of anilines is 1. The van der Waals surface area contributed by atoms with Gasteiger partial charge in [-0.3, -0.25) is 14.4 Å². The van der Waals surface area contributed by atoms with Gasteiger partial charge in [-0.05, 0) is 30.7 Å². The number of hydrogen-bond acceptors (Lipinski definition) is 6. The van der Waals surface area contributed by atoms with Crippen molar-refractivity contribution in [3.05, 3.63) is 70.4 Å². The van der Waals surface area contributed by atoms with Crippen LogP contribution in [-0.4, -0.2) is 77.5 Å². The van der Waals surface area contributed by atoms with Crippen LogP contribution < -0.4 is 4.90 Å². The SMILES string of the molecule is CC(=O)N1CCc2c(c(-c3ccc(Cl)cc3)nn2CC(CN2CCN(c3ccccc3C)CC2)OCC#N)C1. The van der Waals surface area contributed by atoms with Gasteiger partial charge in [-0.2, -0.15) is 10.4 Å². The third kappa shape index (κ3) is 6.27. The first kappa shape index (κ1) is 27.2. The number of halogens is 1. The van der Waals surface area contributed by atoms with E-state index in [1.807, 2.05) is 33.8 Å². The first-order valence-corrected chi connectivity index (χ1v) is 13.9. The molecule has 0 aliphatic carbocycles. The van der Waals surface area contributed by atoms with Crippen LogP contribution in [-0.2, 0) is 29.0 Å². The van der Waals surface area contributed by atoms with Gasteiger partial charge in [0, 0.05) is 86.7 Å². The number of nitrogens with zero attached hydrogens (tertiary/aromatic N) is 6. The van der Waals surface area contributed by atoms with Crippen molar-refractivity contribution in [2.24, 2.45) is 0 Å². The molecule has 8 nitrogen and oxygen atoms in total. The smallest absolute Gasteiger partial charge is 0.219 e. The fourth-order valence-electron chi connectivity index (χ4n) is 5.64. The number of aromatic nitrogens is 2. The van der Waals surface area contributed by atoms with Crippen molar-refractivity contribution in [1.82, 2.24) is 19.6 Å². The molecule has 0 bridgehead atoms. The lowest BCUT2D eigenvalue weighted by Crippen LogP contribution is -2.49. The summed E-state index contributed by atoms with van der Waals surface area (Å²) in [5, 5.41) is 15.0. The number of aryl methyl sites for hydroxylation is 1. The Morgan fingerprint density at radius 1 is 1.08 bits per heavy atom. The minimum atomic E-state index is -0.178. The largest absolute Gasteiger partial charge is 0.369 e. The number of piperazine rings is 1. The highest BCUT2D eigenvalue weighted by atomic mass is 35.5. The number of rotatable bonds is 8. The average Bonchev–Trinajstić information content (AvgIpc) is 3.30. The van der Waals surface area contributed by atoms with Gasteiger partial charge < -0.3 is 14.5 Å². The van der Waals surface area contributed by atoms with Crippen LogP contribution in [0.4, 0.5) is 5.69 Å². The first-order valence-electron chi connectivity index (χ1n) is 13.5. The molecule has 9 heteroatoms. The molecule has 1 fully saturated rings. The summed E-state index contributed by atoms with van der Waals surface area (Å²) in [7, 11) is 0. The van der Waals surface area contributed by atoms with Gasteiger partial charge in [0.05, 0.1) is 24.4 Å². The molecule has 0 radical (unpaired) electrons. The number of carbonyl (C=O) groups is 1. The summed E-state index contributed by atoms with van der Waals surface area (Å²) in [6.07, 6.45) is 0.554. The molecule has 2 aromatic carbocycles. The Bertz CT molecular complexity index is 1340. The molecule has 1 amide bonds. The zero-order valence-electron chi connectivity index (χ0n) is 22.6. The fraction of sp³-hybridized carbons (Fsp3) is 0.433. The van der Waals surface area contributed by atoms with E-state index >= 15 is 0 Å². The van der Waals surface area contributed by atoms with Gasteiger partial charge in [0.2, 0.25) is 5.91 Å². The predicted octanol–water partition coefficient (Wildman–Crippen LogP) is 4.15. The second-order valence-electron chi connectivity index (χ2n) is 10.3. The van der Waals surface area contributed by atoms with E-state index in [1.54, 1.807) is 6.92 Å². The van der Waals surface area contributed by atoms with E-state index in [0.717, 1.165) is 61.7 Å². The molecule has 5 rings (SSSR count). The Hall–Kier alpha value is -3.38. The maximum absolute atomic E-state index is 12.2. The topological polar surface area (TPSA) is 77.6 Å². The second-order valence-corrected chi connectivity index (χ2v) is 10.8. The van der Waals surface area contributed by atoms with Crippen LogP contribution in [0.1, 0.15) is 23.7 Å². The molecule has 0 N–H and O–H groups in total. The Labute approximate surface area is 235 Å². The number of para-hydroxylation sites is 1. The number of fused-ring (bicyclic) bond motifs is 1. The van der Waals surface area contributed by atoms with Gasteiger partial charge in [0.25, 0.3) is 0 Å². The predicted molar refractivity (Wildman–Crippen MR) is 153 cm³/mol. The van der Waals surface area contributed by atoms with E-state index in [4.69, 9.17) is 21.4 Å². The molecule has 1 aromatic heterocycles. The van der Waals surface area contributed by atoms with E-state index in [0.29, 0.717) is 24.7 Å². The second kappa shape index (κ2) is 12.2. The van der Waals surface area contributed by atoms with Crippen LogP contribution in [0.25, 0.3) is 11.3 Å². The van der Waals surface area contributed by atoms with Crippen molar-refractivity contribution in [3.63, 3.8) is 0 Å². The van der Waals surface area contributed by atoms with E-state index in [9.17, 15) is 10.1 Å². The molecule has 1 saturated heterocycles. The van der Waals surface area contributed by atoms with Crippen LogP contribution in [0.3, 0.4) is 0 Å². The van der Waals surface area contributed by atoms with Gasteiger partial charge in [-0.1, -0.05) is 41.9 Å². The molecule has 3 aromatic rings. The molecule has 2 aliphatic heterocycles. The zero-order chi connectivity index (χ0) is 27.4. The van der Waals surface area contributed by atoms with Crippen molar-refractivity contribution < 1.29 is 9.53 Å². The Kier molecular flexibility index (Phi) is 8.51. The summed E-state index contributed by atoms with van der Waals surface area (Å²) in [5.74, 6) is 0.0653. The highest BCUT2D eigenvalue weighted by molar-refractivity contribution is 6.30. The quantitative estimate of drug-likeness (QED) is 0.422. The van der Waals surface area contributed by atoms with Crippen LogP contribution in [0, 0.1) is 18.3 Å². The molecule has 2 aliphatic rings. The van der Waals surface area contributed by atoms with Crippen LogP contribution in [0.2, 0.25) is 5.02 Å². The van der Waals surface area contributed by atoms with Gasteiger partial charge in [0.1, 0.15) is 6.61 Å². The molecule has 1 atom stereocenters. The number of carbonyl (C=O) groups excluding carboxylic acids is 1. The van der Waals surface area contributed by atoms with Crippen molar-refractivity contribution in [2.45, 2.75) is 39.5 Å². The number of amides is 1. The minimum Gasteiger partial charge on any atom is -0.369 e. The van der Waals surface area contributed by atoms with E-state index in [-0.39, 0.29) is 18.6 Å². The summed E-state index contributed by atoms with van der Waals surface area (Å²) in [5.41, 5.74) is 6.65. The highest BCUT2D eigenvalue weighted by Gasteiger charge is 2.29. The number of ether oxygens (including phenoxy) is 1. The van der Waals surface area contributed by atoms with Crippen LogP contribution in [0.5, 0.6) is 0 Å². The number of hydrogen-bond donors (Lipinski definition) is 0. The summed E-state index contributed by atoms with van der Waals surface area (Å²) >= 11 is 6.14. The lowest BCUT2D eigenvalue weighted by molar-refractivity contribution is -0.129. The maximum Gasteiger partial charge on any atom is 0.219 e. The number of nitriles is 1. The minimum absolute atomic E-state index is 0.0411. The van der Waals surface area contributed by atoms with Gasteiger partial charge >= 0.3 is 0 Å². The molecule has 0 saturated carbocycles. The molecular weight excluding hydrogens is 512 g/mol. The van der Waals surface area contributed by atoms with Crippen molar-refractivity contribution in [2.75, 3.05) is 50.8 Å². The molecule has 3 heterocycles. The Morgan fingerprint density at radius 3 is 2.51 bits per heavy atom. The third-order valence-electron chi connectivity index (χ3n) is 7.75. The maximum atomic E-state index is 12.2. The molecule has 204 valence electrons. The molecule has 0 spiro atoms. The molecular formula is C30H35ClN6O2. The first-order chi connectivity index (χ1) is 18.9. The van der Waals surface area contributed by atoms with Gasteiger partial charge in [-0.15, -0.1) is 0 Å². The summed E-state index contributed by atoms with van der Waals surface area (Å²) in [4.78, 5) is 18.9. The van der Waals surface area contributed by atoms with E-state index in [2.05, 4.69) is 47.1 Å². The highest BCUT2D eigenvalue weighted by Crippen LogP contribution is 2.31. The van der Waals surface area contributed by atoms with Gasteiger partial charge in [0.15, 0.2) is 0 Å². The van der Waals surface area contributed by atoms with E-state index in [1.165, 1.54) is 11.3 Å². The van der Waals surface area contributed by atoms with Crippen molar-refractivity contribution in [3.8, 4) is 17.3 Å². The van der Waals surface area contributed by atoms with Crippen molar-refractivity contribution in [1.29, 1.82) is 5.26 Å². The lowest BCUT2D eigenvalue weighted by Gasteiger charge is -2.38. The summed E-state index contributed by atoms with van der Waals surface area (Å²) < 4.78 is 8.09. The van der Waals surface area contributed by atoms with Crippen LogP contribution >= 0.6 is 11.6 Å². The molecule has 39 heavy (non-hydrogen) atoms. The monoisotopic (exact) mass is 546 g/mol. The Balaban J connectivity index is 1.34. The third-order valence-corrected chi connectivity index (χ3v) is 8.00. The number of benzene rings is 2. The van der Waals surface area contributed by atoms with E-state index < -0.39 is 0 Å². The van der Waals surface area contributed by atoms with Crippen molar-refractivity contribution >= 4 is 23.2 Å². The Morgan fingerprint density at radius 2 is 1.82 bits per heavy atom.